The van der Waals surface area contributed by atoms with Gasteiger partial charge in [-0.1, -0.05) is 18.2 Å². The lowest BCUT2D eigenvalue weighted by Gasteiger charge is -2.08. The summed E-state index contributed by atoms with van der Waals surface area (Å²) in [5.41, 5.74) is 1.31. The van der Waals surface area contributed by atoms with Gasteiger partial charge in [0, 0.05) is 23.6 Å². The number of benzene rings is 1. The van der Waals surface area contributed by atoms with Crippen molar-refractivity contribution in [2.75, 3.05) is 13.9 Å². The first kappa shape index (κ1) is 14.8. The highest BCUT2D eigenvalue weighted by molar-refractivity contribution is 7.21. The van der Waals surface area contributed by atoms with Crippen LogP contribution < -0.4 is 5.56 Å². The summed E-state index contributed by atoms with van der Waals surface area (Å²) in [5, 5.41) is 1.23. The van der Waals surface area contributed by atoms with Gasteiger partial charge < -0.3 is 9.47 Å². The molecule has 0 amide bonds. The van der Waals surface area contributed by atoms with Gasteiger partial charge in [-0.2, -0.15) is 4.98 Å². The fourth-order valence-electron chi connectivity index (χ4n) is 2.10. The molecule has 0 aliphatic carbocycles. The van der Waals surface area contributed by atoms with E-state index in [2.05, 4.69) is 9.97 Å². The van der Waals surface area contributed by atoms with Crippen molar-refractivity contribution in [3.8, 4) is 10.7 Å². The molecule has 112 valence electrons. The van der Waals surface area contributed by atoms with E-state index in [0.29, 0.717) is 22.7 Å². The third kappa shape index (κ3) is 3.04. The lowest BCUT2D eigenvalue weighted by Crippen LogP contribution is -2.07. The van der Waals surface area contributed by atoms with E-state index < -0.39 is 0 Å². The minimum absolute atomic E-state index is 0.204. The Balaban J connectivity index is 2.06. The Hall–Kier alpha value is -2.15. The van der Waals surface area contributed by atoms with E-state index in [9.17, 15) is 4.79 Å². The number of hydrogen-bond donors (Lipinski definition) is 0. The fraction of sp³-hybridized carbons (Fsp3) is 0.188. The summed E-state index contributed by atoms with van der Waals surface area (Å²) < 4.78 is 11.2. The molecule has 2 aromatic heterocycles. The van der Waals surface area contributed by atoms with E-state index in [1.807, 2.05) is 30.3 Å². The number of rotatable bonds is 5. The Kier molecular flexibility index (Phi) is 4.53. The number of aromatic nitrogens is 2. The second-order valence-corrected chi connectivity index (χ2v) is 5.62. The number of hydrogen-bond acceptors (Lipinski definition) is 6. The molecule has 0 fully saturated rings. The monoisotopic (exact) mass is 314 g/mol. The van der Waals surface area contributed by atoms with E-state index >= 15 is 0 Å². The Morgan fingerprint density at radius 1 is 1.18 bits per heavy atom. The van der Waals surface area contributed by atoms with Gasteiger partial charge in [0.2, 0.25) is 0 Å². The zero-order valence-electron chi connectivity index (χ0n) is 12.0. The van der Waals surface area contributed by atoms with Crippen LogP contribution in [0.4, 0.5) is 0 Å². The number of ether oxygens (including phenoxy) is 2. The van der Waals surface area contributed by atoms with Crippen LogP contribution in [0.2, 0.25) is 0 Å². The second-order valence-electron chi connectivity index (χ2n) is 4.59. The van der Waals surface area contributed by atoms with Gasteiger partial charge >= 0.3 is 0 Å². The number of fused-ring (bicyclic) bond motifs is 1. The number of nitrogens with zero attached hydrogens (tertiary/aromatic N) is 2. The van der Waals surface area contributed by atoms with E-state index in [1.165, 1.54) is 11.3 Å². The molecule has 0 aliphatic rings. The molecule has 0 unspecified atom stereocenters. The molecular weight excluding hydrogens is 300 g/mol. The zero-order chi connectivity index (χ0) is 15.4. The van der Waals surface area contributed by atoms with Crippen molar-refractivity contribution in [3.05, 3.63) is 58.5 Å². The van der Waals surface area contributed by atoms with Crippen molar-refractivity contribution in [3.63, 3.8) is 0 Å². The van der Waals surface area contributed by atoms with Crippen molar-refractivity contribution >= 4 is 21.4 Å². The zero-order valence-corrected chi connectivity index (χ0v) is 12.8. The average molecular weight is 314 g/mol. The van der Waals surface area contributed by atoms with Gasteiger partial charge in [-0.05, 0) is 18.2 Å². The Morgan fingerprint density at radius 2 is 2.05 bits per heavy atom. The maximum atomic E-state index is 12.2. The maximum Gasteiger partial charge on any atom is 0.279 e. The molecule has 0 saturated heterocycles. The van der Waals surface area contributed by atoms with Crippen LogP contribution in [-0.2, 0) is 16.1 Å². The molecule has 0 atom stereocenters. The number of pyridine rings is 1. The summed E-state index contributed by atoms with van der Waals surface area (Å²) in [6.45, 7) is 0.558. The SMILES string of the molecule is COCOCc1cccnc1-c1nc(=O)c2ccccc2s1. The third-order valence-corrected chi connectivity index (χ3v) is 4.13. The smallest absolute Gasteiger partial charge is 0.279 e. The molecule has 0 radical (unpaired) electrons. The van der Waals surface area contributed by atoms with Gasteiger partial charge in [0.15, 0.2) is 0 Å². The van der Waals surface area contributed by atoms with Gasteiger partial charge in [0.25, 0.3) is 5.56 Å². The van der Waals surface area contributed by atoms with Gasteiger partial charge in [-0.15, -0.1) is 11.3 Å². The normalized spacial score (nSPS) is 11.0. The summed E-state index contributed by atoms with van der Waals surface area (Å²) in [6, 6.07) is 11.2. The molecule has 0 saturated carbocycles. The first-order valence-corrected chi connectivity index (χ1v) is 7.52. The van der Waals surface area contributed by atoms with Crippen LogP contribution >= 0.6 is 11.3 Å². The largest absolute Gasteiger partial charge is 0.359 e. The van der Waals surface area contributed by atoms with E-state index in [1.54, 1.807) is 19.4 Å². The molecule has 5 nitrogen and oxygen atoms in total. The molecule has 0 aliphatic heterocycles. The van der Waals surface area contributed by atoms with E-state index in [4.69, 9.17) is 9.47 Å². The van der Waals surface area contributed by atoms with Crippen molar-refractivity contribution in [1.82, 2.24) is 9.97 Å². The summed E-state index contributed by atoms with van der Waals surface area (Å²) in [6.07, 6.45) is 1.68. The summed E-state index contributed by atoms with van der Waals surface area (Å²) >= 11 is 1.45. The molecular formula is C16H14N2O3S. The van der Waals surface area contributed by atoms with Gasteiger partial charge in [-0.3, -0.25) is 9.78 Å². The maximum absolute atomic E-state index is 12.2. The Bertz CT molecular complexity index is 848. The second kappa shape index (κ2) is 6.74. The standard InChI is InChI=1S/C16H14N2O3S/c1-20-10-21-9-11-5-4-8-17-14(11)16-18-15(19)12-6-2-3-7-13(12)22-16/h2-8H,9-10H2,1H3. The Morgan fingerprint density at radius 3 is 2.91 bits per heavy atom. The lowest BCUT2D eigenvalue weighted by atomic mass is 10.2. The molecule has 0 bridgehead atoms. The van der Waals surface area contributed by atoms with Crippen LogP contribution in [-0.4, -0.2) is 23.9 Å². The predicted molar refractivity (Wildman–Crippen MR) is 85.8 cm³/mol. The quantitative estimate of drug-likeness (QED) is 0.535. The topological polar surface area (TPSA) is 61.3 Å². The molecule has 3 rings (SSSR count). The van der Waals surface area contributed by atoms with Crippen molar-refractivity contribution in [2.24, 2.45) is 0 Å². The van der Waals surface area contributed by atoms with Crippen LogP contribution in [0.15, 0.2) is 47.4 Å². The Labute approximate surface area is 131 Å². The molecule has 0 spiro atoms. The van der Waals surface area contributed by atoms with Crippen LogP contribution in [0, 0.1) is 0 Å². The van der Waals surface area contributed by atoms with E-state index in [-0.39, 0.29) is 12.4 Å². The lowest BCUT2D eigenvalue weighted by molar-refractivity contribution is -0.0389. The minimum Gasteiger partial charge on any atom is -0.359 e. The number of methoxy groups -OCH3 is 1. The van der Waals surface area contributed by atoms with Crippen LogP contribution in [0.1, 0.15) is 5.56 Å². The van der Waals surface area contributed by atoms with Crippen molar-refractivity contribution in [2.45, 2.75) is 6.61 Å². The summed E-state index contributed by atoms with van der Waals surface area (Å²) in [4.78, 5) is 20.7. The molecule has 2 heterocycles. The van der Waals surface area contributed by atoms with Gasteiger partial charge in [0.1, 0.15) is 17.5 Å². The summed E-state index contributed by atoms with van der Waals surface area (Å²) in [7, 11) is 1.57. The average Bonchev–Trinajstić information content (AvgIpc) is 2.55. The molecule has 3 aromatic rings. The van der Waals surface area contributed by atoms with Gasteiger partial charge in [0.05, 0.1) is 12.0 Å². The molecule has 22 heavy (non-hydrogen) atoms. The molecule has 1 aromatic carbocycles. The first-order chi connectivity index (χ1) is 10.8. The van der Waals surface area contributed by atoms with Crippen LogP contribution in [0.5, 0.6) is 0 Å². The summed E-state index contributed by atoms with van der Waals surface area (Å²) in [5.74, 6) is 0. The fourth-order valence-corrected chi connectivity index (χ4v) is 3.12. The van der Waals surface area contributed by atoms with Crippen LogP contribution in [0.3, 0.4) is 0 Å². The molecule has 6 heteroatoms. The van der Waals surface area contributed by atoms with E-state index in [0.717, 1.165) is 10.3 Å². The van der Waals surface area contributed by atoms with Gasteiger partial charge in [-0.25, -0.2) is 0 Å². The third-order valence-electron chi connectivity index (χ3n) is 3.08. The highest BCUT2D eigenvalue weighted by Crippen LogP contribution is 2.27. The highest BCUT2D eigenvalue weighted by Gasteiger charge is 2.11. The highest BCUT2D eigenvalue weighted by atomic mass is 32.1. The molecule has 0 N–H and O–H groups in total. The predicted octanol–water partition coefficient (Wildman–Crippen LogP) is 2.84. The van der Waals surface area contributed by atoms with Crippen molar-refractivity contribution < 1.29 is 9.47 Å². The minimum atomic E-state index is -0.237. The van der Waals surface area contributed by atoms with Crippen molar-refractivity contribution in [1.29, 1.82) is 0 Å². The van der Waals surface area contributed by atoms with Crippen LogP contribution in [0.25, 0.3) is 20.8 Å². The first-order valence-electron chi connectivity index (χ1n) is 6.70.